The van der Waals surface area contributed by atoms with E-state index in [1.54, 1.807) is 11.4 Å². The number of rotatable bonds is 8. The first kappa shape index (κ1) is 16.9. The van der Waals surface area contributed by atoms with E-state index in [-0.39, 0.29) is 6.04 Å². The van der Waals surface area contributed by atoms with Gasteiger partial charge in [0.05, 0.1) is 5.75 Å². The van der Waals surface area contributed by atoms with Crippen LogP contribution < -0.4 is 5.73 Å². The zero-order chi connectivity index (χ0) is 14.1. The van der Waals surface area contributed by atoms with Crippen molar-refractivity contribution in [3.63, 3.8) is 0 Å². The summed E-state index contributed by atoms with van der Waals surface area (Å²) in [5, 5.41) is 0. The zero-order valence-electron chi connectivity index (χ0n) is 12.3. The van der Waals surface area contributed by atoms with Gasteiger partial charge in [0.2, 0.25) is 10.0 Å². The van der Waals surface area contributed by atoms with E-state index in [9.17, 15) is 8.42 Å². The van der Waals surface area contributed by atoms with Crippen LogP contribution >= 0.6 is 0 Å². The molecule has 0 aromatic heterocycles. The lowest BCUT2D eigenvalue weighted by Crippen LogP contribution is -2.38. The van der Waals surface area contributed by atoms with Crippen LogP contribution in [0.2, 0.25) is 0 Å². The van der Waals surface area contributed by atoms with Crippen molar-refractivity contribution in [2.75, 3.05) is 19.3 Å². The zero-order valence-corrected chi connectivity index (χ0v) is 13.1. The Kier molecular flexibility index (Phi) is 7.95. The lowest BCUT2D eigenvalue weighted by atomic mass is 10.1. The molecule has 0 radical (unpaired) electrons. The summed E-state index contributed by atoms with van der Waals surface area (Å²) in [6.07, 6.45) is 10.7. The minimum absolute atomic E-state index is 0.233. The summed E-state index contributed by atoms with van der Waals surface area (Å²) in [5.41, 5.74) is 5.43. The predicted molar refractivity (Wildman–Crippen MR) is 80.6 cm³/mol. The van der Waals surface area contributed by atoms with Crippen LogP contribution in [0.25, 0.3) is 0 Å². The molecule has 0 heterocycles. The number of hydrogen-bond acceptors (Lipinski definition) is 3. The average Bonchev–Trinajstić information content (AvgIpc) is 2.66. The van der Waals surface area contributed by atoms with Crippen molar-refractivity contribution in [3.05, 3.63) is 0 Å². The highest BCUT2D eigenvalue weighted by Crippen LogP contribution is 2.23. The lowest BCUT2D eigenvalue weighted by molar-refractivity contribution is 0.335. The molecule has 114 valence electrons. The van der Waals surface area contributed by atoms with Crippen molar-refractivity contribution in [2.45, 2.75) is 70.3 Å². The monoisotopic (exact) mass is 290 g/mol. The Balaban J connectivity index is 2.37. The van der Waals surface area contributed by atoms with Crippen molar-refractivity contribution in [1.82, 2.24) is 4.31 Å². The molecule has 0 spiro atoms. The Morgan fingerprint density at radius 1 is 1.00 bits per heavy atom. The van der Waals surface area contributed by atoms with Crippen LogP contribution in [-0.2, 0) is 10.0 Å². The Morgan fingerprint density at radius 3 is 2.16 bits per heavy atom. The number of sulfonamides is 1. The quantitative estimate of drug-likeness (QED) is 0.552. The Labute approximate surface area is 118 Å². The summed E-state index contributed by atoms with van der Waals surface area (Å²) in [4.78, 5) is 0. The standard InChI is InChI=1S/C14H30N2O2S/c1-16(14-10-6-2-3-7-11-14)19(17,18)13-9-5-4-8-12-15/h14H,2-13,15H2,1H3. The molecule has 0 amide bonds. The fraction of sp³-hybridized carbons (Fsp3) is 1.00. The van der Waals surface area contributed by atoms with Gasteiger partial charge in [0.1, 0.15) is 0 Å². The maximum absolute atomic E-state index is 12.3. The normalized spacial score (nSPS) is 18.7. The van der Waals surface area contributed by atoms with E-state index in [0.717, 1.165) is 38.5 Å². The first-order chi connectivity index (χ1) is 9.08. The number of nitrogens with two attached hydrogens (primary N) is 1. The summed E-state index contributed by atoms with van der Waals surface area (Å²) in [5.74, 6) is 0.296. The first-order valence-corrected chi connectivity index (χ1v) is 9.34. The molecule has 4 nitrogen and oxygen atoms in total. The average molecular weight is 290 g/mol. The van der Waals surface area contributed by atoms with Gasteiger partial charge in [0, 0.05) is 13.1 Å². The van der Waals surface area contributed by atoms with E-state index in [1.165, 1.54) is 25.7 Å². The highest BCUT2D eigenvalue weighted by Gasteiger charge is 2.26. The summed E-state index contributed by atoms with van der Waals surface area (Å²) in [6, 6.07) is 0.233. The largest absolute Gasteiger partial charge is 0.330 e. The van der Waals surface area contributed by atoms with Crippen LogP contribution in [0.1, 0.15) is 64.2 Å². The molecule has 2 N–H and O–H groups in total. The van der Waals surface area contributed by atoms with Gasteiger partial charge in [-0.2, -0.15) is 0 Å². The fourth-order valence-corrected chi connectivity index (χ4v) is 4.30. The minimum atomic E-state index is -3.06. The van der Waals surface area contributed by atoms with Gasteiger partial charge in [-0.15, -0.1) is 0 Å². The van der Waals surface area contributed by atoms with Gasteiger partial charge in [-0.1, -0.05) is 38.5 Å². The molecular formula is C14H30N2O2S. The third-order valence-electron chi connectivity index (χ3n) is 4.13. The highest BCUT2D eigenvalue weighted by atomic mass is 32.2. The van der Waals surface area contributed by atoms with Crippen molar-refractivity contribution < 1.29 is 8.42 Å². The SMILES string of the molecule is CN(C1CCCCCC1)S(=O)(=O)CCCCCCN. The van der Waals surface area contributed by atoms with Gasteiger partial charge < -0.3 is 5.73 Å². The molecule has 0 aromatic carbocycles. The van der Waals surface area contributed by atoms with Gasteiger partial charge in [-0.3, -0.25) is 0 Å². The molecular weight excluding hydrogens is 260 g/mol. The second-order valence-electron chi connectivity index (χ2n) is 5.68. The number of nitrogens with zero attached hydrogens (tertiary/aromatic N) is 1. The molecule has 1 aliphatic rings. The molecule has 1 aliphatic carbocycles. The molecule has 0 atom stereocenters. The topological polar surface area (TPSA) is 63.4 Å². The van der Waals surface area contributed by atoms with E-state index in [0.29, 0.717) is 12.3 Å². The molecule has 0 aromatic rings. The Morgan fingerprint density at radius 2 is 1.58 bits per heavy atom. The lowest BCUT2D eigenvalue weighted by Gasteiger charge is -2.26. The van der Waals surface area contributed by atoms with E-state index < -0.39 is 10.0 Å². The molecule has 0 aliphatic heterocycles. The molecule has 0 saturated heterocycles. The van der Waals surface area contributed by atoms with Crippen molar-refractivity contribution >= 4 is 10.0 Å². The second kappa shape index (κ2) is 8.93. The maximum atomic E-state index is 12.3. The third-order valence-corrected chi connectivity index (χ3v) is 6.11. The smallest absolute Gasteiger partial charge is 0.214 e. The summed E-state index contributed by atoms with van der Waals surface area (Å²) >= 11 is 0. The van der Waals surface area contributed by atoms with Gasteiger partial charge >= 0.3 is 0 Å². The van der Waals surface area contributed by atoms with E-state index in [1.807, 2.05) is 0 Å². The van der Waals surface area contributed by atoms with E-state index in [2.05, 4.69) is 0 Å². The van der Waals surface area contributed by atoms with E-state index in [4.69, 9.17) is 5.73 Å². The minimum Gasteiger partial charge on any atom is -0.330 e. The summed E-state index contributed by atoms with van der Waals surface area (Å²) in [7, 11) is -1.29. The van der Waals surface area contributed by atoms with Crippen LogP contribution in [0.3, 0.4) is 0 Å². The van der Waals surface area contributed by atoms with Crippen LogP contribution in [0.4, 0.5) is 0 Å². The molecule has 1 fully saturated rings. The second-order valence-corrected chi connectivity index (χ2v) is 7.83. The Bertz CT molecular complexity index is 322. The summed E-state index contributed by atoms with van der Waals surface area (Å²) < 4.78 is 26.2. The van der Waals surface area contributed by atoms with Crippen molar-refractivity contribution in [3.8, 4) is 0 Å². The van der Waals surface area contributed by atoms with Gasteiger partial charge in [0.15, 0.2) is 0 Å². The van der Waals surface area contributed by atoms with Gasteiger partial charge in [0.25, 0.3) is 0 Å². The van der Waals surface area contributed by atoms with Gasteiger partial charge in [-0.05, 0) is 32.2 Å². The third kappa shape index (κ3) is 6.23. The molecule has 0 bridgehead atoms. The van der Waals surface area contributed by atoms with Crippen LogP contribution in [0.15, 0.2) is 0 Å². The van der Waals surface area contributed by atoms with Crippen LogP contribution in [-0.4, -0.2) is 38.1 Å². The van der Waals surface area contributed by atoms with Crippen LogP contribution in [0.5, 0.6) is 0 Å². The molecule has 19 heavy (non-hydrogen) atoms. The molecule has 1 rings (SSSR count). The molecule has 1 saturated carbocycles. The van der Waals surface area contributed by atoms with Crippen LogP contribution in [0, 0.1) is 0 Å². The maximum Gasteiger partial charge on any atom is 0.214 e. The molecule has 5 heteroatoms. The number of unbranched alkanes of at least 4 members (excludes halogenated alkanes) is 3. The first-order valence-electron chi connectivity index (χ1n) is 7.73. The Hall–Kier alpha value is -0.130. The molecule has 0 unspecified atom stereocenters. The fourth-order valence-electron chi connectivity index (χ4n) is 2.77. The number of hydrogen-bond donors (Lipinski definition) is 1. The van der Waals surface area contributed by atoms with Crippen molar-refractivity contribution in [2.24, 2.45) is 5.73 Å². The van der Waals surface area contributed by atoms with E-state index >= 15 is 0 Å². The summed E-state index contributed by atoms with van der Waals surface area (Å²) in [6.45, 7) is 0.703. The van der Waals surface area contributed by atoms with Gasteiger partial charge in [-0.25, -0.2) is 12.7 Å². The highest BCUT2D eigenvalue weighted by molar-refractivity contribution is 7.89. The predicted octanol–water partition coefficient (Wildman–Crippen LogP) is 2.49. The van der Waals surface area contributed by atoms with Crippen molar-refractivity contribution in [1.29, 1.82) is 0 Å².